The first-order valence-electron chi connectivity index (χ1n) is 6.41. The van der Waals surface area contributed by atoms with Crippen LogP contribution in [0.15, 0.2) is 48.5 Å². The van der Waals surface area contributed by atoms with Gasteiger partial charge < -0.3 is 5.32 Å². The lowest BCUT2D eigenvalue weighted by Crippen LogP contribution is -2.16. The largest absolute Gasteiger partial charge is 0.324 e. The van der Waals surface area contributed by atoms with E-state index >= 15 is 0 Å². The topological polar surface area (TPSA) is 87.7 Å². The maximum absolute atomic E-state index is 12.0. The van der Waals surface area contributed by atoms with E-state index in [-0.39, 0.29) is 18.1 Å². The Morgan fingerprint density at radius 3 is 2.62 bits per heavy atom. The Morgan fingerprint density at radius 1 is 1.00 bits per heavy atom. The van der Waals surface area contributed by atoms with Crippen molar-refractivity contribution in [3.8, 4) is 0 Å². The Morgan fingerprint density at radius 2 is 1.81 bits per heavy atom. The molecule has 0 saturated carbocycles. The summed E-state index contributed by atoms with van der Waals surface area (Å²) in [5.41, 5.74) is 2.28. The van der Waals surface area contributed by atoms with E-state index in [1.165, 1.54) is 0 Å². The second-order valence-corrected chi connectivity index (χ2v) is 4.51. The zero-order valence-corrected chi connectivity index (χ0v) is 11.0. The van der Waals surface area contributed by atoms with Crippen LogP contribution in [0.2, 0.25) is 0 Å². The number of nitrogens with zero attached hydrogens (tertiary/aromatic N) is 2. The molecule has 0 bridgehead atoms. The maximum Gasteiger partial charge on any atom is 0.232 e. The number of benzene rings is 2. The van der Waals surface area contributed by atoms with E-state index in [0.717, 1.165) is 0 Å². The monoisotopic (exact) mass is 280 g/mol. The lowest BCUT2D eigenvalue weighted by atomic mass is 10.1. The van der Waals surface area contributed by atoms with Crippen LogP contribution in [0.1, 0.15) is 16.8 Å². The lowest BCUT2D eigenvalue weighted by molar-refractivity contribution is -0.115. The molecule has 1 aromatic heterocycles. The van der Waals surface area contributed by atoms with E-state index in [4.69, 9.17) is 0 Å². The first-order chi connectivity index (χ1) is 10.2. The van der Waals surface area contributed by atoms with E-state index < -0.39 is 0 Å². The average Bonchev–Trinajstić information content (AvgIpc) is 2.97. The molecule has 0 spiro atoms. The van der Waals surface area contributed by atoms with Gasteiger partial charge in [0.25, 0.3) is 0 Å². The van der Waals surface area contributed by atoms with Crippen LogP contribution in [0.3, 0.4) is 0 Å². The van der Waals surface area contributed by atoms with Crippen LogP contribution >= 0.6 is 0 Å². The predicted octanol–water partition coefficient (Wildman–Crippen LogP) is 2.17. The number of amides is 1. The fourth-order valence-corrected chi connectivity index (χ4v) is 2.04. The molecule has 3 rings (SSSR count). The van der Waals surface area contributed by atoms with Crippen LogP contribution in [0.4, 0.5) is 5.69 Å². The van der Waals surface area contributed by atoms with Crippen LogP contribution in [0.25, 0.3) is 11.0 Å². The van der Waals surface area contributed by atoms with Crippen molar-refractivity contribution in [2.45, 2.75) is 6.42 Å². The molecule has 0 aliphatic carbocycles. The highest BCUT2D eigenvalue weighted by atomic mass is 16.2. The molecule has 6 heteroatoms. The zero-order chi connectivity index (χ0) is 14.7. The molecule has 2 aromatic carbocycles. The van der Waals surface area contributed by atoms with Gasteiger partial charge in [-0.25, -0.2) is 0 Å². The molecule has 1 heterocycles. The number of ketones is 1. The first kappa shape index (κ1) is 13.0. The van der Waals surface area contributed by atoms with Crippen LogP contribution in [-0.4, -0.2) is 27.1 Å². The summed E-state index contributed by atoms with van der Waals surface area (Å²) in [6.45, 7) is 0. The first-order valence-corrected chi connectivity index (χ1v) is 6.41. The number of fused-ring (bicyclic) bond motifs is 1. The van der Waals surface area contributed by atoms with Crippen molar-refractivity contribution in [3.05, 3.63) is 54.1 Å². The van der Waals surface area contributed by atoms with Crippen LogP contribution in [0, 0.1) is 0 Å². The Bertz CT molecular complexity index is 796. The van der Waals surface area contributed by atoms with Gasteiger partial charge in [-0.05, 0) is 12.1 Å². The smallest absolute Gasteiger partial charge is 0.232 e. The molecule has 0 aliphatic heterocycles. The molecule has 0 radical (unpaired) electrons. The standard InChI is InChI=1S/C15H12N4O2/c20-13(10-5-2-1-3-6-10)9-14(21)16-11-7-4-8-12-15(11)18-19-17-12/h1-8H,9H2,(H,16,21)(H,17,18,19). The van der Waals surface area contributed by atoms with Crippen LogP contribution < -0.4 is 5.32 Å². The Balaban J connectivity index is 1.72. The van der Waals surface area contributed by atoms with Gasteiger partial charge in [0.2, 0.25) is 5.91 Å². The van der Waals surface area contributed by atoms with Crippen molar-refractivity contribution < 1.29 is 9.59 Å². The van der Waals surface area contributed by atoms with Crippen molar-refractivity contribution in [1.82, 2.24) is 15.4 Å². The molecule has 21 heavy (non-hydrogen) atoms. The van der Waals surface area contributed by atoms with E-state index in [2.05, 4.69) is 20.7 Å². The minimum atomic E-state index is -0.376. The number of carbonyl (C=O) groups is 2. The molecule has 2 N–H and O–H groups in total. The third kappa shape index (κ3) is 2.79. The normalized spacial score (nSPS) is 10.5. The van der Waals surface area contributed by atoms with Gasteiger partial charge in [-0.2, -0.15) is 15.4 Å². The Labute approximate surface area is 120 Å². The molecular formula is C15H12N4O2. The summed E-state index contributed by atoms with van der Waals surface area (Å²) >= 11 is 0. The van der Waals surface area contributed by atoms with Gasteiger partial charge in [-0.3, -0.25) is 9.59 Å². The summed E-state index contributed by atoms with van der Waals surface area (Å²) < 4.78 is 0. The molecule has 0 atom stereocenters. The van der Waals surface area contributed by atoms with Crippen molar-refractivity contribution in [1.29, 1.82) is 0 Å². The lowest BCUT2D eigenvalue weighted by Gasteiger charge is -2.05. The highest BCUT2D eigenvalue weighted by Crippen LogP contribution is 2.19. The van der Waals surface area contributed by atoms with Crippen LogP contribution in [0.5, 0.6) is 0 Å². The number of Topliss-reactive ketones (excluding diaryl/α,β-unsaturated/α-hetero) is 1. The summed E-state index contributed by atoms with van der Waals surface area (Å²) in [7, 11) is 0. The van der Waals surface area contributed by atoms with Gasteiger partial charge in [-0.15, -0.1) is 0 Å². The number of hydrogen-bond acceptors (Lipinski definition) is 4. The number of aromatic amines is 1. The van der Waals surface area contributed by atoms with E-state index in [9.17, 15) is 9.59 Å². The number of aromatic nitrogens is 3. The fourth-order valence-electron chi connectivity index (χ4n) is 2.04. The highest BCUT2D eigenvalue weighted by molar-refractivity contribution is 6.12. The molecular weight excluding hydrogens is 268 g/mol. The number of rotatable bonds is 4. The summed E-state index contributed by atoms with van der Waals surface area (Å²) in [5, 5.41) is 13.1. The third-order valence-electron chi connectivity index (χ3n) is 3.04. The summed E-state index contributed by atoms with van der Waals surface area (Å²) in [6, 6.07) is 14.0. The van der Waals surface area contributed by atoms with Gasteiger partial charge in [0, 0.05) is 5.56 Å². The average molecular weight is 280 g/mol. The summed E-state index contributed by atoms with van der Waals surface area (Å²) in [5.74, 6) is -0.597. The van der Waals surface area contributed by atoms with E-state index in [1.54, 1.807) is 42.5 Å². The van der Waals surface area contributed by atoms with Crippen molar-refractivity contribution in [3.63, 3.8) is 0 Å². The van der Waals surface area contributed by atoms with Gasteiger partial charge in [-0.1, -0.05) is 36.4 Å². The SMILES string of the molecule is O=C(CC(=O)c1ccccc1)Nc1cccc2n[nH]nc12. The van der Waals surface area contributed by atoms with Crippen molar-refractivity contribution in [2.24, 2.45) is 0 Å². The summed E-state index contributed by atoms with van der Waals surface area (Å²) in [4.78, 5) is 23.9. The molecule has 104 valence electrons. The molecule has 0 saturated heterocycles. The zero-order valence-electron chi connectivity index (χ0n) is 11.0. The molecule has 0 aliphatic rings. The second kappa shape index (κ2) is 5.54. The van der Waals surface area contributed by atoms with Gasteiger partial charge in [0.05, 0.1) is 12.1 Å². The Kier molecular flexibility index (Phi) is 3.42. The van der Waals surface area contributed by atoms with Gasteiger partial charge in [0.1, 0.15) is 11.0 Å². The van der Waals surface area contributed by atoms with Crippen molar-refractivity contribution >= 4 is 28.4 Å². The van der Waals surface area contributed by atoms with Crippen molar-refractivity contribution in [2.75, 3.05) is 5.32 Å². The number of H-pyrrole nitrogens is 1. The van der Waals surface area contributed by atoms with Gasteiger partial charge >= 0.3 is 0 Å². The number of carbonyl (C=O) groups excluding carboxylic acids is 2. The quantitative estimate of drug-likeness (QED) is 0.566. The molecule has 3 aromatic rings. The molecule has 1 amide bonds. The second-order valence-electron chi connectivity index (χ2n) is 4.51. The molecule has 6 nitrogen and oxygen atoms in total. The highest BCUT2D eigenvalue weighted by Gasteiger charge is 2.13. The number of nitrogens with one attached hydrogen (secondary N) is 2. The number of anilines is 1. The van der Waals surface area contributed by atoms with Crippen LogP contribution in [-0.2, 0) is 4.79 Å². The minimum Gasteiger partial charge on any atom is -0.324 e. The number of hydrogen-bond donors (Lipinski definition) is 2. The molecule has 0 unspecified atom stereocenters. The number of para-hydroxylation sites is 1. The van der Waals surface area contributed by atoms with Gasteiger partial charge in [0.15, 0.2) is 5.78 Å². The Hall–Kier alpha value is -3.02. The third-order valence-corrected chi connectivity index (χ3v) is 3.04. The maximum atomic E-state index is 12.0. The molecule has 0 fully saturated rings. The summed E-state index contributed by atoms with van der Waals surface area (Å²) in [6.07, 6.45) is -0.210. The predicted molar refractivity (Wildman–Crippen MR) is 77.9 cm³/mol. The van der Waals surface area contributed by atoms with E-state index in [1.807, 2.05) is 6.07 Å². The minimum absolute atomic E-state index is 0.210. The van der Waals surface area contributed by atoms with E-state index in [0.29, 0.717) is 22.3 Å². The fraction of sp³-hybridized carbons (Fsp3) is 0.0667.